The summed E-state index contributed by atoms with van der Waals surface area (Å²) in [4.78, 5) is 3.96. The molecule has 1 aliphatic heterocycles. The van der Waals surface area contributed by atoms with Crippen molar-refractivity contribution in [3.63, 3.8) is 0 Å². The summed E-state index contributed by atoms with van der Waals surface area (Å²) < 4.78 is 0. The van der Waals surface area contributed by atoms with E-state index in [-0.39, 0.29) is 0 Å². The molecule has 0 radical (unpaired) electrons. The van der Waals surface area contributed by atoms with Crippen molar-refractivity contribution in [2.45, 2.75) is 6.04 Å². The number of piperazine rings is 1. The lowest BCUT2D eigenvalue weighted by atomic mass is 9.96. The summed E-state index contributed by atoms with van der Waals surface area (Å²) in [5.74, 6) is 0.315. The molecule has 4 rings (SSSR count). The van der Waals surface area contributed by atoms with Gasteiger partial charge in [-0.2, -0.15) is 0 Å². The first-order valence-corrected chi connectivity index (χ1v) is 9.77. The molecule has 0 saturated carbocycles. The van der Waals surface area contributed by atoms with Gasteiger partial charge in [0.1, 0.15) is 11.8 Å². The highest BCUT2D eigenvalue weighted by Gasteiger charge is 2.30. The van der Waals surface area contributed by atoms with E-state index in [9.17, 15) is 5.11 Å². The van der Waals surface area contributed by atoms with E-state index >= 15 is 0 Å². The molecule has 0 amide bonds. The number of phenolic OH excluding ortho intramolecular Hbond substituents is 1. The Morgan fingerprint density at radius 1 is 0.778 bits per heavy atom. The monoisotopic (exact) mass is 379 g/mol. The molecule has 0 spiro atoms. The zero-order chi connectivity index (χ0) is 18.6. The summed E-state index contributed by atoms with van der Waals surface area (Å²) in [5.41, 5.74) is 3.82. The van der Waals surface area contributed by atoms with E-state index in [2.05, 4.69) is 47.4 Å². The van der Waals surface area contributed by atoms with E-state index in [1.54, 1.807) is 17.0 Å². The number of phenols is 1. The highest BCUT2D eigenvalue weighted by atomic mass is 35.5. The van der Waals surface area contributed by atoms with Crippen molar-refractivity contribution in [3.8, 4) is 5.75 Å². The van der Waals surface area contributed by atoms with Crippen molar-refractivity contribution < 1.29 is 10.0 Å². The van der Waals surface area contributed by atoms with E-state index in [0.717, 1.165) is 31.2 Å². The van der Waals surface area contributed by atoms with E-state index in [0.29, 0.717) is 11.8 Å². The van der Waals surface area contributed by atoms with Crippen LogP contribution in [0.1, 0.15) is 17.2 Å². The molecular formula is C23H24ClN2O+. The van der Waals surface area contributed by atoms with Crippen LogP contribution >= 0.6 is 11.6 Å². The molecular weight excluding hydrogens is 356 g/mol. The largest absolute Gasteiger partial charge is 0.508 e. The second-order valence-electron chi connectivity index (χ2n) is 7.06. The van der Waals surface area contributed by atoms with Crippen molar-refractivity contribution >= 4 is 17.3 Å². The molecule has 1 atom stereocenters. The van der Waals surface area contributed by atoms with Crippen LogP contribution in [0.25, 0.3) is 0 Å². The smallest absolute Gasteiger partial charge is 0.139 e. The highest BCUT2D eigenvalue weighted by molar-refractivity contribution is 6.30. The van der Waals surface area contributed by atoms with Crippen molar-refractivity contribution in [1.29, 1.82) is 0 Å². The molecule has 1 saturated heterocycles. The lowest BCUT2D eigenvalue weighted by Crippen LogP contribution is -3.15. The van der Waals surface area contributed by atoms with Gasteiger partial charge in [-0.3, -0.25) is 0 Å². The molecule has 3 aromatic carbocycles. The highest BCUT2D eigenvalue weighted by Crippen LogP contribution is 2.23. The third-order valence-electron chi connectivity index (χ3n) is 5.37. The van der Waals surface area contributed by atoms with Crippen molar-refractivity contribution in [2.75, 3.05) is 31.1 Å². The second-order valence-corrected chi connectivity index (χ2v) is 7.49. The molecule has 0 aliphatic carbocycles. The van der Waals surface area contributed by atoms with Gasteiger partial charge in [0.05, 0.1) is 26.2 Å². The molecule has 0 aromatic heterocycles. The topological polar surface area (TPSA) is 27.9 Å². The molecule has 4 heteroatoms. The quantitative estimate of drug-likeness (QED) is 0.725. The molecule has 3 nitrogen and oxygen atoms in total. The number of aromatic hydroxyl groups is 1. The van der Waals surface area contributed by atoms with Crippen LogP contribution in [0.2, 0.25) is 5.02 Å². The standard InChI is InChI=1S/C23H23ClN2O/c24-20-8-6-19(7-9-20)23(18-4-2-1-3-5-18)26-16-14-25(15-17-26)21-10-12-22(27)13-11-21/h1-13,23,27H,14-17H2/p+1/t23-/m0/s1. The van der Waals surface area contributed by atoms with Gasteiger partial charge in [-0.1, -0.05) is 54.1 Å². The third-order valence-corrected chi connectivity index (χ3v) is 5.62. The van der Waals surface area contributed by atoms with E-state index < -0.39 is 0 Å². The van der Waals surface area contributed by atoms with Crippen LogP contribution < -0.4 is 9.80 Å². The maximum atomic E-state index is 9.51. The maximum Gasteiger partial charge on any atom is 0.139 e. The summed E-state index contributed by atoms with van der Waals surface area (Å²) in [6.07, 6.45) is 0. The Hall–Kier alpha value is -2.49. The number of nitrogens with one attached hydrogen (secondary N) is 1. The number of nitrogens with zero attached hydrogens (tertiary/aromatic N) is 1. The third kappa shape index (κ3) is 4.10. The van der Waals surface area contributed by atoms with Gasteiger partial charge < -0.3 is 14.9 Å². The number of benzene rings is 3. The van der Waals surface area contributed by atoms with E-state index in [1.807, 2.05) is 24.3 Å². The van der Waals surface area contributed by atoms with E-state index in [1.165, 1.54) is 16.8 Å². The Bertz CT molecular complexity index is 857. The van der Waals surface area contributed by atoms with Crippen LogP contribution in [0.5, 0.6) is 5.75 Å². The molecule has 3 aromatic rings. The summed E-state index contributed by atoms with van der Waals surface area (Å²) in [6.45, 7) is 4.11. The van der Waals surface area contributed by atoms with Gasteiger partial charge in [0, 0.05) is 21.8 Å². The average Bonchev–Trinajstić information content (AvgIpc) is 2.72. The zero-order valence-electron chi connectivity index (χ0n) is 15.2. The van der Waals surface area contributed by atoms with Crippen LogP contribution in [-0.4, -0.2) is 31.3 Å². The first kappa shape index (κ1) is 17.9. The molecule has 138 valence electrons. The Labute approximate surface area is 165 Å². The minimum atomic E-state index is 0.311. The number of rotatable bonds is 4. The van der Waals surface area contributed by atoms with Crippen molar-refractivity contribution in [3.05, 3.63) is 95.0 Å². The van der Waals surface area contributed by atoms with Gasteiger partial charge in [-0.25, -0.2) is 0 Å². The van der Waals surface area contributed by atoms with Gasteiger partial charge in [0.25, 0.3) is 0 Å². The Morgan fingerprint density at radius 3 is 2.00 bits per heavy atom. The summed E-state index contributed by atoms with van der Waals surface area (Å²) in [7, 11) is 0. The average molecular weight is 380 g/mol. The summed E-state index contributed by atoms with van der Waals surface area (Å²) in [6, 6.07) is 26.8. The number of hydrogen-bond acceptors (Lipinski definition) is 2. The summed E-state index contributed by atoms with van der Waals surface area (Å²) >= 11 is 6.11. The molecule has 1 aliphatic rings. The van der Waals surface area contributed by atoms with Crippen LogP contribution in [0, 0.1) is 0 Å². The fourth-order valence-electron chi connectivity index (χ4n) is 3.97. The minimum Gasteiger partial charge on any atom is -0.508 e. The lowest BCUT2D eigenvalue weighted by Gasteiger charge is -2.38. The number of anilines is 1. The normalized spacial score (nSPS) is 16.3. The van der Waals surface area contributed by atoms with Gasteiger partial charge in [-0.15, -0.1) is 0 Å². The number of quaternary nitrogens is 1. The Morgan fingerprint density at radius 2 is 1.37 bits per heavy atom. The molecule has 1 heterocycles. The van der Waals surface area contributed by atoms with Crippen molar-refractivity contribution in [2.24, 2.45) is 0 Å². The molecule has 2 N–H and O–H groups in total. The van der Waals surface area contributed by atoms with Crippen LogP contribution in [0.4, 0.5) is 5.69 Å². The lowest BCUT2D eigenvalue weighted by molar-refractivity contribution is -0.926. The van der Waals surface area contributed by atoms with Gasteiger partial charge in [-0.05, 0) is 36.4 Å². The fraction of sp³-hybridized carbons (Fsp3) is 0.217. The molecule has 27 heavy (non-hydrogen) atoms. The predicted octanol–water partition coefficient (Wildman–Crippen LogP) is 3.54. The Kier molecular flexibility index (Phi) is 5.33. The van der Waals surface area contributed by atoms with Crippen LogP contribution in [0.15, 0.2) is 78.9 Å². The zero-order valence-corrected chi connectivity index (χ0v) is 15.9. The predicted molar refractivity (Wildman–Crippen MR) is 111 cm³/mol. The molecule has 0 bridgehead atoms. The van der Waals surface area contributed by atoms with Gasteiger partial charge in [0.2, 0.25) is 0 Å². The van der Waals surface area contributed by atoms with Gasteiger partial charge >= 0.3 is 0 Å². The first-order chi connectivity index (χ1) is 13.2. The number of halogens is 1. The first-order valence-electron chi connectivity index (χ1n) is 9.40. The Balaban J connectivity index is 1.55. The number of hydrogen-bond donors (Lipinski definition) is 2. The fourth-order valence-corrected chi connectivity index (χ4v) is 4.09. The maximum absolute atomic E-state index is 9.51. The van der Waals surface area contributed by atoms with Crippen LogP contribution in [-0.2, 0) is 0 Å². The van der Waals surface area contributed by atoms with Crippen LogP contribution in [0.3, 0.4) is 0 Å². The SMILES string of the molecule is Oc1ccc(N2CC[NH+]([C@@H](c3ccccc3)c3ccc(Cl)cc3)CC2)cc1. The molecule has 0 unspecified atom stereocenters. The molecule has 1 fully saturated rings. The van der Waals surface area contributed by atoms with E-state index in [4.69, 9.17) is 11.6 Å². The summed E-state index contributed by atoms with van der Waals surface area (Å²) in [5, 5.41) is 10.3. The minimum absolute atomic E-state index is 0.311. The van der Waals surface area contributed by atoms with Gasteiger partial charge in [0.15, 0.2) is 0 Å². The van der Waals surface area contributed by atoms with Crippen molar-refractivity contribution in [1.82, 2.24) is 0 Å². The second kappa shape index (κ2) is 8.03.